The smallest absolute Gasteiger partial charge is 0.264 e. The van der Waals surface area contributed by atoms with E-state index in [9.17, 15) is 13.2 Å². The van der Waals surface area contributed by atoms with Gasteiger partial charge in [-0.2, -0.15) is 0 Å². The summed E-state index contributed by atoms with van der Waals surface area (Å²) in [6.45, 7) is 4.77. The third-order valence-corrected chi connectivity index (χ3v) is 6.51. The molecular weight excluding hydrogens is 400 g/mol. The van der Waals surface area contributed by atoms with E-state index in [1.807, 2.05) is 32.0 Å². The van der Waals surface area contributed by atoms with Crippen molar-refractivity contribution in [2.45, 2.75) is 25.2 Å². The largest absolute Gasteiger partial charge is 0.482 e. The highest BCUT2D eigenvalue weighted by molar-refractivity contribution is 7.92. The minimum Gasteiger partial charge on any atom is -0.482 e. The molecule has 6 nitrogen and oxygen atoms in total. The molecule has 1 N–H and O–H groups in total. The fraction of sp³-hybridized carbons (Fsp3) is 0.350. The number of carbonyl (C=O) groups excluding carboxylic acids is 1. The first-order valence-electron chi connectivity index (χ1n) is 9.08. The maximum absolute atomic E-state index is 13.0. The Morgan fingerprint density at radius 1 is 1.25 bits per heavy atom. The Kier molecular flexibility index (Phi) is 6.15. The van der Waals surface area contributed by atoms with E-state index in [1.165, 1.54) is 22.5 Å². The lowest BCUT2D eigenvalue weighted by Gasteiger charge is -2.20. The van der Waals surface area contributed by atoms with Crippen LogP contribution >= 0.6 is 11.6 Å². The topological polar surface area (TPSA) is 75.7 Å². The normalized spacial score (nSPS) is 13.5. The number of anilines is 1. The number of rotatable bonds is 7. The summed E-state index contributed by atoms with van der Waals surface area (Å²) in [7, 11) is -3.73. The molecule has 0 atom stereocenters. The van der Waals surface area contributed by atoms with E-state index in [-0.39, 0.29) is 28.2 Å². The van der Waals surface area contributed by atoms with Crippen LogP contribution in [-0.4, -0.2) is 34.0 Å². The highest BCUT2D eigenvalue weighted by Crippen LogP contribution is 2.34. The van der Waals surface area contributed by atoms with Crippen molar-refractivity contribution in [3.8, 4) is 5.75 Å². The fourth-order valence-corrected chi connectivity index (χ4v) is 4.79. The molecule has 0 saturated carbocycles. The van der Waals surface area contributed by atoms with Gasteiger partial charge in [-0.05, 0) is 42.2 Å². The molecule has 0 bridgehead atoms. The van der Waals surface area contributed by atoms with Gasteiger partial charge in [-0.3, -0.25) is 9.10 Å². The molecule has 1 aliphatic rings. The number of nitrogens with zero attached hydrogens (tertiary/aromatic N) is 1. The third kappa shape index (κ3) is 4.42. The van der Waals surface area contributed by atoms with Gasteiger partial charge < -0.3 is 10.1 Å². The molecule has 0 spiro atoms. The van der Waals surface area contributed by atoms with Crippen molar-refractivity contribution in [2.75, 3.05) is 24.0 Å². The summed E-state index contributed by atoms with van der Waals surface area (Å²) in [5, 5.41) is 2.89. The Bertz CT molecular complexity index is 976. The molecule has 0 saturated heterocycles. The summed E-state index contributed by atoms with van der Waals surface area (Å²) < 4.78 is 32.9. The van der Waals surface area contributed by atoms with Crippen LogP contribution in [0.4, 0.5) is 5.69 Å². The van der Waals surface area contributed by atoms with Gasteiger partial charge in [-0.1, -0.05) is 43.6 Å². The predicted molar refractivity (Wildman–Crippen MR) is 109 cm³/mol. The molecule has 0 unspecified atom stereocenters. The second-order valence-corrected chi connectivity index (χ2v) is 9.30. The molecule has 2 aromatic rings. The first kappa shape index (κ1) is 20.5. The molecule has 150 valence electrons. The Morgan fingerprint density at radius 3 is 2.71 bits per heavy atom. The van der Waals surface area contributed by atoms with Gasteiger partial charge in [0.2, 0.25) is 0 Å². The van der Waals surface area contributed by atoms with Crippen LogP contribution in [0.5, 0.6) is 5.75 Å². The van der Waals surface area contributed by atoms with Crippen molar-refractivity contribution >= 4 is 33.2 Å². The number of fused-ring (bicyclic) bond motifs is 1. The molecule has 2 aromatic carbocycles. The number of sulfonamides is 1. The summed E-state index contributed by atoms with van der Waals surface area (Å²) in [5.41, 5.74) is 1.70. The number of hydrogen-bond acceptors (Lipinski definition) is 4. The van der Waals surface area contributed by atoms with Crippen molar-refractivity contribution < 1.29 is 17.9 Å². The zero-order valence-electron chi connectivity index (χ0n) is 15.8. The van der Waals surface area contributed by atoms with Gasteiger partial charge in [0.1, 0.15) is 5.75 Å². The summed E-state index contributed by atoms with van der Waals surface area (Å²) in [5.74, 6) is 0.352. The maximum atomic E-state index is 13.0. The zero-order valence-corrected chi connectivity index (χ0v) is 17.4. The summed E-state index contributed by atoms with van der Waals surface area (Å²) in [4.78, 5) is 11.9. The van der Waals surface area contributed by atoms with Crippen LogP contribution in [-0.2, 0) is 21.2 Å². The van der Waals surface area contributed by atoms with Crippen molar-refractivity contribution in [3.63, 3.8) is 0 Å². The zero-order chi connectivity index (χ0) is 20.3. The molecule has 0 fully saturated rings. The van der Waals surface area contributed by atoms with Crippen LogP contribution in [0.1, 0.15) is 19.4 Å². The SMILES string of the molecule is CC(C)CNC(=O)COc1ccc(S(=O)(=O)N2CCc3ccccc32)cc1Cl. The van der Waals surface area contributed by atoms with Gasteiger partial charge >= 0.3 is 0 Å². The van der Waals surface area contributed by atoms with Crippen LogP contribution in [0.3, 0.4) is 0 Å². The molecule has 3 rings (SSSR count). The molecule has 1 heterocycles. The van der Waals surface area contributed by atoms with E-state index in [0.29, 0.717) is 31.1 Å². The molecule has 0 aliphatic carbocycles. The van der Waals surface area contributed by atoms with E-state index in [1.54, 1.807) is 6.07 Å². The Hall–Kier alpha value is -2.25. The molecule has 1 aliphatic heterocycles. The van der Waals surface area contributed by atoms with Crippen molar-refractivity contribution in [1.82, 2.24) is 5.32 Å². The Balaban J connectivity index is 1.73. The number of amides is 1. The second kappa shape index (κ2) is 8.41. The Labute approximate surface area is 170 Å². The molecule has 28 heavy (non-hydrogen) atoms. The molecule has 0 aromatic heterocycles. The van der Waals surface area contributed by atoms with E-state index in [2.05, 4.69) is 5.32 Å². The molecule has 0 radical (unpaired) electrons. The number of carbonyl (C=O) groups is 1. The van der Waals surface area contributed by atoms with E-state index in [4.69, 9.17) is 16.3 Å². The minimum atomic E-state index is -3.73. The van der Waals surface area contributed by atoms with Crippen molar-refractivity contribution in [2.24, 2.45) is 5.92 Å². The predicted octanol–water partition coefficient (Wildman–Crippen LogP) is 3.24. The van der Waals surface area contributed by atoms with E-state index >= 15 is 0 Å². The Morgan fingerprint density at radius 2 is 2.00 bits per heavy atom. The number of ether oxygens (including phenoxy) is 1. The minimum absolute atomic E-state index is 0.0887. The highest BCUT2D eigenvalue weighted by Gasteiger charge is 2.31. The lowest BCUT2D eigenvalue weighted by molar-refractivity contribution is -0.123. The van der Waals surface area contributed by atoms with Crippen LogP contribution in [0.15, 0.2) is 47.4 Å². The summed E-state index contributed by atoms with van der Waals surface area (Å²) in [6, 6.07) is 11.7. The van der Waals surface area contributed by atoms with Gasteiger partial charge in [0, 0.05) is 13.1 Å². The fourth-order valence-electron chi connectivity index (χ4n) is 2.96. The standard InChI is InChI=1S/C20H23ClN2O4S/c1-14(2)12-22-20(24)13-27-19-8-7-16(11-17(19)21)28(25,26)23-10-9-15-5-3-4-6-18(15)23/h3-8,11,14H,9-10,12-13H2,1-2H3,(H,22,24). The molecular formula is C20H23ClN2O4S. The quantitative estimate of drug-likeness (QED) is 0.743. The van der Waals surface area contributed by atoms with Crippen LogP contribution in [0, 0.1) is 5.92 Å². The lowest BCUT2D eigenvalue weighted by atomic mass is 10.2. The van der Waals surface area contributed by atoms with Gasteiger partial charge in [0.05, 0.1) is 15.6 Å². The van der Waals surface area contributed by atoms with Crippen molar-refractivity contribution in [1.29, 1.82) is 0 Å². The number of hydrogen-bond donors (Lipinski definition) is 1. The van der Waals surface area contributed by atoms with Crippen LogP contribution in [0.2, 0.25) is 5.02 Å². The number of nitrogens with one attached hydrogen (secondary N) is 1. The van der Waals surface area contributed by atoms with Gasteiger partial charge in [-0.25, -0.2) is 8.42 Å². The molecule has 1 amide bonds. The van der Waals surface area contributed by atoms with Gasteiger partial charge in [0.15, 0.2) is 6.61 Å². The van der Waals surface area contributed by atoms with Crippen molar-refractivity contribution in [3.05, 3.63) is 53.1 Å². The van der Waals surface area contributed by atoms with Crippen LogP contribution < -0.4 is 14.4 Å². The average molecular weight is 423 g/mol. The monoisotopic (exact) mass is 422 g/mol. The third-order valence-electron chi connectivity index (χ3n) is 4.40. The lowest BCUT2D eigenvalue weighted by Crippen LogP contribution is -2.31. The van der Waals surface area contributed by atoms with E-state index in [0.717, 1.165) is 5.56 Å². The number of benzene rings is 2. The highest BCUT2D eigenvalue weighted by atomic mass is 35.5. The second-order valence-electron chi connectivity index (χ2n) is 7.03. The van der Waals surface area contributed by atoms with E-state index < -0.39 is 10.0 Å². The van der Waals surface area contributed by atoms with Crippen LogP contribution in [0.25, 0.3) is 0 Å². The van der Waals surface area contributed by atoms with Gasteiger partial charge in [0.25, 0.3) is 15.9 Å². The number of para-hydroxylation sites is 1. The summed E-state index contributed by atoms with van der Waals surface area (Å²) >= 11 is 6.21. The van der Waals surface area contributed by atoms with Gasteiger partial charge in [-0.15, -0.1) is 0 Å². The average Bonchev–Trinajstić information content (AvgIpc) is 3.10. The maximum Gasteiger partial charge on any atom is 0.264 e. The molecule has 8 heteroatoms. The first-order chi connectivity index (χ1) is 13.3. The summed E-state index contributed by atoms with van der Waals surface area (Å²) in [6.07, 6.45) is 0.676. The first-order valence-corrected chi connectivity index (χ1v) is 10.9. The number of halogens is 1.